The van der Waals surface area contributed by atoms with E-state index in [9.17, 15) is 4.79 Å². The average Bonchev–Trinajstić information content (AvgIpc) is 2.24. The predicted octanol–water partition coefficient (Wildman–Crippen LogP) is 1.90. The topological polar surface area (TPSA) is 89.1 Å². The van der Waals surface area contributed by atoms with Crippen LogP contribution in [0.2, 0.25) is 0 Å². The minimum Gasteiger partial charge on any atom is -0.478 e. The Labute approximate surface area is 108 Å². The van der Waals surface area contributed by atoms with Gasteiger partial charge in [0.15, 0.2) is 5.16 Å². The Morgan fingerprint density at radius 2 is 2.29 bits per heavy atom. The van der Waals surface area contributed by atoms with Gasteiger partial charge in [-0.15, -0.1) is 11.8 Å². The van der Waals surface area contributed by atoms with Crippen molar-refractivity contribution in [3.05, 3.63) is 17.7 Å². The van der Waals surface area contributed by atoms with Crippen LogP contribution in [0.25, 0.3) is 0 Å². The third-order valence-corrected chi connectivity index (χ3v) is 3.38. The molecule has 0 atom stereocenters. The summed E-state index contributed by atoms with van der Waals surface area (Å²) in [5, 5.41) is 9.94. The second-order valence-corrected chi connectivity index (χ2v) is 5.00. The number of carboxylic acid groups (broad SMARTS) is 1. The molecule has 0 bridgehead atoms. The van der Waals surface area contributed by atoms with E-state index in [-0.39, 0.29) is 0 Å². The van der Waals surface area contributed by atoms with Crippen molar-refractivity contribution < 1.29 is 9.90 Å². The molecule has 0 aliphatic rings. The lowest BCUT2D eigenvalue weighted by molar-refractivity contribution is -0.131. The summed E-state index contributed by atoms with van der Waals surface area (Å²) in [4.78, 5) is 18.8. The summed E-state index contributed by atoms with van der Waals surface area (Å²) in [6, 6.07) is 1.70. The van der Waals surface area contributed by atoms with E-state index in [2.05, 4.69) is 9.97 Å². The largest absolute Gasteiger partial charge is 0.478 e. The Bertz CT molecular complexity index is 449. The third kappa shape index (κ3) is 5.10. The van der Waals surface area contributed by atoms with Crippen molar-refractivity contribution in [1.82, 2.24) is 9.97 Å². The van der Waals surface area contributed by atoms with Crippen LogP contribution in [-0.4, -0.2) is 33.1 Å². The molecule has 1 rings (SSSR count). The number of hydrogen-bond donors (Lipinski definition) is 2. The average molecular weight is 271 g/mol. The van der Waals surface area contributed by atoms with E-state index in [0.717, 1.165) is 10.6 Å². The molecule has 1 aromatic rings. The fourth-order valence-corrected chi connectivity index (χ4v) is 2.27. The summed E-state index contributed by atoms with van der Waals surface area (Å²) < 4.78 is 0. The van der Waals surface area contributed by atoms with Gasteiger partial charge in [0.2, 0.25) is 0 Å². The lowest BCUT2D eigenvalue weighted by atomic mass is 10.3. The minimum atomic E-state index is -0.943. The summed E-state index contributed by atoms with van der Waals surface area (Å²) in [7, 11) is 0. The van der Waals surface area contributed by atoms with Crippen LogP contribution in [0.5, 0.6) is 0 Å². The Morgan fingerprint density at radius 1 is 1.59 bits per heavy atom. The number of hydrogen-bond acceptors (Lipinski definition) is 6. The quantitative estimate of drug-likeness (QED) is 0.366. The number of carboxylic acids is 1. The molecule has 17 heavy (non-hydrogen) atoms. The fraction of sp³-hybridized carbons (Fsp3) is 0.300. The van der Waals surface area contributed by atoms with Crippen LogP contribution in [0, 0.1) is 0 Å². The Hall–Kier alpha value is -1.21. The van der Waals surface area contributed by atoms with Crippen molar-refractivity contribution in [2.24, 2.45) is 0 Å². The molecule has 0 unspecified atom stereocenters. The van der Waals surface area contributed by atoms with E-state index in [4.69, 9.17) is 10.8 Å². The first kappa shape index (κ1) is 13.9. The molecule has 0 aliphatic heterocycles. The zero-order valence-electron chi connectivity index (χ0n) is 9.51. The number of rotatable bonds is 5. The van der Waals surface area contributed by atoms with Gasteiger partial charge in [-0.1, -0.05) is 17.3 Å². The lowest BCUT2D eigenvalue weighted by Gasteiger charge is -2.03. The maximum absolute atomic E-state index is 10.4. The van der Waals surface area contributed by atoms with Gasteiger partial charge < -0.3 is 10.8 Å². The maximum Gasteiger partial charge on any atom is 0.328 e. The van der Waals surface area contributed by atoms with E-state index in [1.54, 1.807) is 13.0 Å². The summed E-state index contributed by atoms with van der Waals surface area (Å²) in [5.74, 6) is 0.0111. The first-order chi connectivity index (χ1) is 8.01. The number of nitrogens with zero attached hydrogens (tertiary/aromatic N) is 2. The van der Waals surface area contributed by atoms with Gasteiger partial charge in [-0.25, -0.2) is 14.8 Å². The van der Waals surface area contributed by atoms with E-state index >= 15 is 0 Å². The van der Waals surface area contributed by atoms with E-state index in [1.165, 1.54) is 29.6 Å². The zero-order valence-corrected chi connectivity index (χ0v) is 11.1. The van der Waals surface area contributed by atoms with E-state index in [1.807, 2.05) is 6.26 Å². The van der Waals surface area contributed by atoms with Gasteiger partial charge in [0.1, 0.15) is 10.8 Å². The minimum absolute atomic E-state index is 0.423. The van der Waals surface area contributed by atoms with Crippen LogP contribution in [0.15, 0.2) is 27.9 Å². The van der Waals surface area contributed by atoms with Crippen LogP contribution in [0.3, 0.4) is 0 Å². The van der Waals surface area contributed by atoms with Crippen LogP contribution in [0.1, 0.15) is 6.92 Å². The van der Waals surface area contributed by atoms with Crippen molar-refractivity contribution in [3.8, 4) is 0 Å². The van der Waals surface area contributed by atoms with Crippen LogP contribution in [0.4, 0.5) is 5.82 Å². The molecule has 1 heterocycles. The molecule has 0 fully saturated rings. The SMILES string of the molecule is CSc1cc(N)nc(SC/C(C)=C/C(=O)O)n1. The first-order valence-electron chi connectivity index (χ1n) is 4.72. The summed E-state index contributed by atoms with van der Waals surface area (Å²) in [5.41, 5.74) is 6.38. The normalized spacial score (nSPS) is 11.5. The van der Waals surface area contributed by atoms with Gasteiger partial charge in [0.05, 0.1) is 0 Å². The first-order valence-corrected chi connectivity index (χ1v) is 6.93. The van der Waals surface area contributed by atoms with E-state index in [0.29, 0.717) is 16.7 Å². The molecule has 5 nitrogen and oxygen atoms in total. The molecule has 7 heteroatoms. The fourth-order valence-electron chi connectivity index (χ4n) is 1.02. The number of nitrogen functional groups attached to an aromatic ring is 1. The smallest absolute Gasteiger partial charge is 0.328 e. The highest BCUT2D eigenvalue weighted by atomic mass is 32.2. The third-order valence-electron chi connectivity index (χ3n) is 1.71. The molecule has 92 valence electrons. The summed E-state index contributed by atoms with van der Waals surface area (Å²) in [6.45, 7) is 1.75. The molecule has 0 saturated carbocycles. The molecule has 0 radical (unpaired) electrons. The Kier molecular flexibility index (Phi) is 5.30. The van der Waals surface area contributed by atoms with Gasteiger partial charge >= 0.3 is 5.97 Å². The molecule has 3 N–H and O–H groups in total. The molecule has 0 aromatic carbocycles. The van der Waals surface area contributed by atoms with Crippen LogP contribution < -0.4 is 5.73 Å². The van der Waals surface area contributed by atoms with Gasteiger partial charge in [-0.05, 0) is 13.2 Å². The standard InChI is InChI=1S/C10H13N3O2S2/c1-6(3-9(14)15)5-17-10-12-7(11)4-8(13-10)16-2/h3-4H,5H2,1-2H3,(H,14,15)(H2,11,12,13)/b6-3+. The highest BCUT2D eigenvalue weighted by Crippen LogP contribution is 2.21. The maximum atomic E-state index is 10.4. The van der Waals surface area contributed by atoms with Crippen molar-refractivity contribution in [1.29, 1.82) is 0 Å². The van der Waals surface area contributed by atoms with Gasteiger partial charge in [-0.2, -0.15) is 0 Å². The van der Waals surface area contributed by atoms with Crippen molar-refractivity contribution in [2.45, 2.75) is 17.1 Å². The second kappa shape index (κ2) is 6.51. The number of aromatic nitrogens is 2. The predicted molar refractivity (Wildman–Crippen MR) is 70.3 cm³/mol. The highest BCUT2D eigenvalue weighted by molar-refractivity contribution is 7.99. The van der Waals surface area contributed by atoms with Crippen LogP contribution in [-0.2, 0) is 4.79 Å². The van der Waals surface area contributed by atoms with Crippen molar-refractivity contribution in [2.75, 3.05) is 17.7 Å². The molecular formula is C10H13N3O2S2. The molecule has 0 aliphatic carbocycles. The van der Waals surface area contributed by atoms with E-state index < -0.39 is 5.97 Å². The zero-order chi connectivity index (χ0) is 12.8. The Morgan fingerprint density at radius 3 is 2.88 bits per heavy atom. The van der Waals surface area contributed by atoms with Gasteiger partial charge in [0, 0.05) is 17.9 Å². The number of thioether (sulfide) groups is 2. The Balaban J connectivity index is 2.69. The van der Waals surface area contributed by atoms with Crippen molar-refractivity contribution in [3.63, 3.8) is 0 Å². The number of nitrogens with two attached hydrogens (primary N) is 1. The number of anilines is 1. The molecule has 0 amide bonds. The molecule has 0 spiro atoms. The molecule has 0 saturated heterocycles. The summed E-state index contributed by atoms with van der Waals surface area (Å²) >= 11 is 2.86. The molecular weight excluding hydrogens is 258 g/mol. The lowest BCUT2D eigenvalue weighted by Crippen LogP contribution is -1.97. The highest BCUT2D eigenvalue weighted by Gasteiger charge is 2.04. The van der Waals surface area contributed by atoms with Crippen molar-refractivity contribution >= 4 is 35.3 Å². The second-order valence-electron chi connectivity index (χ2n) is 3.24. The number of carbonyl (C=O) groups is 1. The van der Waals surface area contributed by atoms with Gasteiger partial charge in [0.25, 0.3) is 0 Å². The summed E-state index contributed by atoms with van der Waals surface area (Å²) in [6.07, 6.45) is 3.08. The van der Waals surface area contributed by atoms with Gasteiger partial charge in [-0.3, -0.25) is 0 Å². The van der Waals surface area contributed by atoms with Crippen LogP contribution >= 0.6 is 23.5 Å². The monoisotopic (exact) mass is 271 g/mol. The molecule has 1 aromatic heterocycles. The number of aliphatic carboxylic acids is 1.